The van der Waals surface area contributed by atoms with Crippen LogP contribution >= 0.6 is 0 Å². The first-order valence-corrected chi connectivity index (χ1v) is 28.5. The molecule has 0 fully saturated rings. The van der Waals surface area contributed by atoms with Crippen LogP contribution < -0.4 is 23.7 Å². The maximum Gasteiger partial charge on any atom is 0.127 e. The van der Waals surface area contributed by atoms with Crippen molar-refractivity contribution in [1.29, 1.82) is 0 Å². The van der Waals surface area contributed by atoms with Crippen LogP contribution in [0.1, 0.15) is 108 Å². The van der Waals surface area contributed by atoms with Crippen LogP contribution in [0.3, 0.4) is 0 Å². The van der Waals surface area contributed by atoms with Crippen LogP contribution in [0, 0.1) is 41.5 Å². The Labute approximate surface area is 490 Å². The SMILES string of the molecule is CCOc1ccc(C(C)(C)c2ccc(OCC)cc2)cc1.Cc1cccc(Cc2cccc(C)c2)c1.Cc1cccc(Oc2ccc(C(C)(C)c3ccc(Oc4cccc(C)c4)cc3)cc2)c1.Cc1cccc(Oc2cccc(C)c2)c1. The summed E-state index contributed by atoms with van der Waals surface area (Å²) < 4.78 is 28.7. The molecule has 0 bridgehead atoms. The molecule has 0 radical (unpaired) electrons. The third-order valence-corrected chi connectivity index (χ3v) is 14.2. The maximum absolute atomic E-state index is 6.00. The third-order valence-electron chi connectivity index (χ3n) is 14.2. The second-order valence-corrected chi connectivity index (χ2v) is 21.9. The van der Waals surface area contributed by atoms with Crippen LogP contribution in [-0.2, 0) is 17.3 Å². The van der Waals surface area contributed by atoms with Crippen LogP contribution in [0.4, 0.5) is 0 Å². The molecule has 0 aliphatic heterocycles. The summed E-state index contributed by atoms with van der Waals surface area (Å²) in [7, 11) is 0. The molecule has 0 aliphatic carbocycles. The standard InChI is InChI=1S/C29H28O2.C19H24O2.C15H16.C14H14O/c1-21-7-5-9-27(19-21)30-25-15-11-23(12-16-25)29(3,4)24-13-17-26(18-14-24)31-28-10-6-8-22(2)20-28;1-5-20-17-11-7-15(8-12-17)19(3,4)16-9-13-18(14-10-16)21-6-2;1-12-5-3-7-14(9-12)11-15-8-4-6-13(2)10-15;1-11-5-3-7-13(9-11)15-14-8-4-6-12(2)10-14/h5-20H,1-4H3;7-14H,5-6H2,1-4H3;3-10H,11H2,1-2H3;3-10H,1-2H3. The highest BCUT2D eigenvalue weighted by Gasteiger charge is 2.24. The molecule has 0 atom stereocenters. The fourth-order valence-corrected chi connectivity index (χ4v) is 9.49. The van der Waals surface area contributed by atoms with Gasteiger partial charge in [-0.15, -0.1) is 0 Å². The van der Waals surface area contributed by atoms with E-state index in [1.165, 1.54) is 66.8 Å². The van der Waals surface area contributed by atoms with Crippen molar-refractivity contribution in [1.82, 2.24) is 0 Å². The molecule has 0 N–H and O–H groups in total. The first-order valence-electron chi connectivity index (χ1n) is 28.5. The fourth-order valence-electron chi connectivity index (χ4n) is 9.49. The molecule has 0 saturated carbocycles. The number of benzene rings is 10. The average Bonchev–Trinajstić information content (AvgIpc) is 3.61. The van der Waals surface area contributed by atoms with Gasteiger partial charge in [0.1, 0.15) is 46.0 Å². The number of aryl methyl sites for hydroxylation is 6. The third kappa shape index (κ3) is 18.6. The highest BCUT2D eigenvalue weighted by Crippen LogP contribution is 2.36. The highest BCUT2D eigenvalue weighted by atomic mass is 16.5. The zero-order chi connectivity index (χ0) is 58.5. The van der Waals surface area contributed by atoms with E-state index in [1.54, 1.807) is 0 Å². The van der Waals surface area contributed by atoms with E-state index in [4.69, 9.17) is 23.7 Å². The van der Waals surface area contributed by atoms with Gasteiger partial charge in [-0.1, -0.05) is 184 Å². The lowest BCUT2D eigenvalue weighted by molar-refractivity contribution is 0.340. The number of hydrogen-bond acceptors (Lipinski definition) is 5. The Morgan fingerprint density at radius 3 is 0.732 bits per heavy atom. The van der Waals surface area contributed by atoms with Gasteiger partial charge in [-0.25, -0.2) is 0 Å². The molecule has 0 unspecified atom stereocenters. The molecule has 5 nitrogen and oxygen atoms in total. The van der Waals surface area contributed by atoms with Crippen molar-refractivity contribution in [3.63, 3.8) is 0 Å². The van der Waals surface area contributed by atoms with E-state index in [2.05, 4.69) is 191 Å². The van der Waals surface area contributed by atoms with Crippen molar-refractivity contribution in [2.45, 2.75) is 100 Å². The van der Waals surface area contributed by atoms with Gasteiger partial charge in [-0.05, 0) is 215 Å². The lowest BCUT2D eigenvalue weighted by Crippen LogP contribution is -2.18. The van der Waals surface area contributed by atoms with Gasteiger partial charge < -0.3 is 23.7 Å². The molecule has 0 amide bonds. The zero-order valence-electron chi connectivity index (χ0n) is 50.3. The second-order valence-electron chi connectivity index (χ2n) is 21.9. The first kappa shape index (κ1) is 60.8. The molecule has 0 aliphatic rings. The van der Waals surface area contributed by atoms with Crippen molar-refractivity contribution in [3.8, 4) is 46.0 Å². The van der Waals surface area contributed by atoms with Gasteiger partial charge in [-0.3, -0.25) is 0 Å². The van der Waals surface area contributed by atoms with Crippen LogP contribution in [-0.4, -0.2) is 13.2 Å². The summed E-state index contributed by atoms with van der Waals surface area (Å²) in [5, 5.41) is 0. The number of hydrogen-bond donors (Lipinski definition) is 0. The van der Waals surface area contributed by atoms with E-state index in [9.17, 15) is 0 Å². The molecule has 10 aromatic rings. The Balaban J connectivity index is 0.000000166. The van der Waals surface area contributed by atoms with Gasteiger partial charge in [0.2, 0.25) is 0 Å². The molecule has 10 rings (SSSR count). The van der Waals surface area contributed by atoms with E-state index in [1.807, 2.05) is 135 Å². The van der Waals surface area contributed by atoms with Crippen molar-refractivity contribution in [2.75, 3.05) is 13.2 Å². The van der Waals surface area contributed by atoms with Gasteiger partial charge in [0, 0.05) is 10.8 Å². The molecule has 82 heavy (non-hydrogen) atoms. The minimum absolute atomic E-state index is 0.0461. The summed E-state index contributed by atoms with van der Waals surface area (Å²) in [6, 6.07) is 83.1. The van der Waals surface area contributed by atoms with Crippen LogP contribution in [0.5, 0.6) is 46.0 Å². The smallest absolute Gasteiger partial charge is 0.127 e. The van der Waals surface area contributed by atoms with Gasteiger partial charge in [-0.2, -0.15) is 0 Å². The van der Waals surface area contributed by atoms with Crippen molar-refractivity contribution in [3.05, 3.63) is 309 Å². The summed E-state index contributed by atoms with van der Waals surface area (Å²) >= 11 is 0. The Bertz CT molecular complexity index is 3220. The van der Waals surface area contributed by atoms with E-state index < -0.39 is 0 Å². The summed E-state index contributed by atoms with van der Waals surface area (Å²) in [5.41, 5.74) is 15.1. The van der Waals surface area contributed by atoms with E-state index in [0.717, 1.165) is 52.4 Å². The first-order chi connectivity index (χ1) is 39.4. The molecular weight excluding hydrogens is 1000 g/mol. The largest absolute Gasteiger partial charge is 0.494 e. The Hall–Kier alpha value is -8.80. The second kappa shape index (κ2) is 29.6. The molecule has 10 aromatic carbocycles. The average molecular weight is 1090 g/mol. The monoisotopic (exact) mass is 1090 g/mol. The number of rotatable bonds is 16. The Morgan fingerprint density at radius 1 is 0.256 bits per heavy atom. The summed E-state index contributed by atoms with van der Waals surface area (Å²) in [6.07, 6.45) is 1.03. The predicted molar refractivity (Wildman–Crippen MR) is 342 cm³/mol. The number of ether oxygens (including phenoxy) is 5. The lowest BCUT2D eigenvalue weighted by atomic mass is 9.78. The molecule has 0 saturated heterocycles. The van der Waals surface area contributed by atoms with E-state index in [-0.39, 0.29) is 10.8 Å². The van der Waals surface area contributed by atoms with E-state index >= 15 is 0 Å². The molecular formula is C77H82O5. The maximum atomic E-state index is 6.00. The van der Waals surface area contributed by atoms with Gasteiger partial charge in [0.25, 0.3) is 0 Å². The minimum Gasteiger partial charge on any atom is -0.494 e. The Kier molecular flexibility index (Phi) is 22.0. The van der Waals surface area contributed by atoms with Gasteiger partial charge in [0.05, 0.1) is 13.2 Å². The highest BCUT2D eigenvalue weighted by molar-refractivity contribution is 5.45. The summed E-state index contributed by atoms with van der Waals surface area (Å²) in [4.78, 5) is 0. The quantitative estimate of drug-likeness (QED) is 0.0965. The van der Waals surface area contributed by atoms with Crippen LogP contribution in [0.2, 0.25) is 0 Å². The summed E-state index contributed by atoms with van der Waals surface area (Å²) in [6.45, 7) is 26.9. The van der Waals surface area contributed by atoms with Crippen molar-refractivity contribution >= 4 is 0 Å². The van der Waals surface area contributed by atoms with Gasteiger partial charge in [0.15, 0.2) is 0 Å². The van der Waals surface area contributed by atoms with Gasteiger partial charge >= 0.3 is 0 Å². The normalized spacial score (nSPS) is 10.8. The lowest BCUT2D eigenvalue weighted by Gasteiger charge is -2.26. The minimum atomic E-state index is -0.135. The van der Waals surface area contributed by atoms with Crippen LogP contribution in [0.15, 0.2) is 243 Å². The van der Waals surface area contributed by atoms with Crippen molar-refractivity contribution in [2.24, 2.45) is 0 Å². The zero-order valence-corrected chi connectivity index (χ0v) is 50.3. The fraction of sp³-hybridized carbons (Fsp3) is 0.221. The molecule has 5 heteroatoms. The van der Waals surface area contributed by atoms with Crippen LogP contribution in [0.25, 0.3) is 0 Å². The van der Waals surface area contributed by atoms with Crippen molar-refractivity contribution < 1.29 is 23.7 Å². The van der Waals surface area contributed by atoms with E-state index in [0.29, 0.717) is 13.2 Å². The topological polar surface area (TPSA) is 46.2 Å². The Morgan fingerprint density at radius 2 is 0.488 bits per heavy atom. The predicted octanol–water partition coefficient (Wildman–Crippen LogP) is 21.0. The molecule has 0 heterocycles. The molecule has 0 spiro atoms. The molecule has 0 aromatic heterocycles. The molecule has 420 valence electrons. The summed E-state index contributed by atoms with van der Waals surface area (Å²) in [5.74, 6) is 7.01.